The van der Waals surface area contributed by atoms with Gasteiger partial charge in [0.2, 0.25) is 5.91 Å². The van der Waals surface area contributed by atoms with Crippen molar-refractivity contribution in [3.8, 4) is 5.75 Å². The Labute approximate surface area is 193 Å². The third kappa shape index (κ3) is 4.39. The second kappa shape index (κ2) is 9.13. The van der Waals surface area contributed by atoms with E-state index >= 15 is 0 Å². The van der Waals surface area contributed by atoms with Gasteiger partial charge in [-0.1, -0.05) is 47.4 Å². The summed E-state index contributed by atoms with van der Waals surface area (Å²) in [5, 5.41) is 4.62. The molecule has 2 aromatic heterocycles. The Kier molecular flexibility index (Phi) is 5.91. The number of methoxy groups -OCH3 is 1. The summed E-state index contributed by atoms with van der Waals surface area (Å²) in [7, 11) is 1.61. The van der Waals surface area contributed by atoms with E-state index in [9.17, 15) is 4.79 Å². The Bertz CT molecular complexity index is 1260. The van der Waals surface area contributed by atoms with E-state index in [0.717, 1.165) is 45.8 Å². The van der Waals surface area contributed by atoms with Gasteiger partial charge in [-0.05, 0) is 41.8 Å². The number of benzene rings is 2. The molecule has 3 heterocycles. The van der Waals surface area contributed by atoms with Crippen molar-refractivity contribution >= 4 is 50.2 Å². The lowest BCUT2D eigenvalue weighted by molar-refractivity contribution is -0.113. The van der Waals surface area contributed by atoms with Gasteiger partial charge in [-0.3, -0.25) is 4.79 Å². The van der Waals surface area contributed by atoms with Gasteiger partial charge in [0.1, 0.15) is 21.8 Å². The number of fused-ring (bicyclic) bond motifs is 2. The van der Waals surface area contributed by atoms with Gasteiger partial charge in [-0.15, -0.1) is 0 Å². The predicted molar refractivity (Wildman–Crippen MR) is 129 cm³/mol. The number of aromatic nitrogens is 3. The van der Waals surface area contributed by atoms with Crippen LogP contribution >= 0.6 is 23.1 Å². The fourth-order valence-electron chi connectivity index (χ4n) is 3.62. The molecule has 7 nitrogen and oxygen atoms in total. The third-order valence-corrected chi connectivity index (χ3v) is 7.49. The second-order valence-electron chi connectivity index (χ2n) is 7.33. The number of thiazole rings is 1. The Balaban J connectivity index is 1.28. The number of nitrogens with one attached hydrogen (secondary N) is 1. The molecule has 1 amide bonds. The standard InChI is InChI=1S/C23H21N5O2S2/c1-30-18-8-6-17(7-9-18)26-19(29)13-31-22-20-21(24-14-25-22)27-23(32-20)28-11-10-15-4-2-3-5-16(15)12-28/h2-9,14H,10-13H2,1H3,(H,26,29). The van der Waals surface area contributed by atoms with Crippen LogP contribution in [0.5, 0.6) is 5.75 Å². The number of hydrogen-bond acceptors (Lipinski definition) is 8. The number of carbonyl (C=O) groups excluding carboxylic acids is 1. The predicted octanol–water partition coefficient (Wildman–Crippen LogP) is 4.39. The first-order chi connectivity index (χ1) is 15.7. The second-order valence-corrected chi connectivity index (χ2v) is 9.28. The molecule has 0 unspecified atom stereocenters. The van der Waals surface area contributed by atoms with Crippen LogP contribution in [0.3, 0.4) is 0 Å². The van der Waals surface area contributed by atoms with E-state index in [1.54, 1.807) is 18.4 Å². The number of thioether (sulfide) groups is 1. The molecule has 9 heteroatoms. The average Bonchev–Trinajstić information content (AvgIpc) is 3.28. The molecule has 0 saturated carbocycles. The molecular formula is C23H21N5O2S2. The highest BCUT2D eigenvalue weighted by Crippen LogP contribution is 2.35. The van der Waals surface area contributed by atoms with Crippen molar-refractivity contribution < 1.29 is 9.53 Å². The lowest BCUT2D eigenvalue weighted by Crippen LogP contribution is -2.30. The minimum atomic E-state index is -0.0932. The Morgan fingerprint density at radius 3 is 2.78 bits per heavy atom. The quantitative estimate of drug-likeness (QED) is 0.336. The van der Waals surface area contributed by atoms with E-state index in [4.69, 9.17) is 9.72 Å². The first-order valence-corrected chi connectivity index (χ1v) is 12.0. The average molecular weight is 464 g/mol. The summed E-state index contributed by atoms with van der Waals surface area (Å²) < 4.78 is 6.06. The van der Waals surface area contributed by atoms with Crippen LogP contribution in [0, 0.1) is 0 Å². The zero-order chi connectivity index (χ0) is 21.9. The summed E-state index contributed by atoms with van der Waals surface area (Å²) in [6.07, 6.45) is 2.52. The lowest BCUT2D eigenvalue weighted by Gasteiger charge is -2.28. The number of amides is 1. The minimum absolute atomic E-state index is 0.0932. The summed E-state index contributed by atoms with van der Waals surface area (Å²) >= 11 is 2.99. The first-order valence-electron chi connectivity index (χ1n) is 10.2. The van der Waals surface area contributed by atoms with Crippen LogP contribution in [0.4, 0.5) is 10.8 Å². The highest BCUT2D eigenvalue weighted by atomic mass is 32.2. The molecule has 2 aromatic carbocycles. The number of hydrogen-bond donors (Lipinski definition) is 1. The van der Waals surface area contributed by atoms with E-state index in [0.29, 0.717) is 5.65 Å². The maximum Gasteiger partial charge on any atom is 0.234 e. The number of ether oxygens (including phenoxy) is 1. The van der Waals surface area contributed by atoms with E-state index < -0.39 is 0 Å². The van der Waals surface area contributed by atoms with Crippen LogP contribution in [0.1, 0.15) is 11.1 Å². The molecular weight excluding hydrogens is 442 g/mol. The molecule has 1 N–H and O–H groups in total. The van der Waals surface area contributed by atoms with Crippen LogP contribution in [0.15, 0.2) is 59.9 Å². The molecule has 0 spiro atoms. The van der Waals surface area contributed by atoms with Crippen molar-refractivity contribution in [1.29, 1.82) is 0 Å². The van der Waals surface area contributed by atoms with Gasteiger partial charge in [-0.2, -0.15) is 4.98 Å². The summed E-state index contributed by atoms with van der Waals surface area (Å²) in [6, 6.07) is 15.8. The molecule has 0 saturated heterocycles. The van der Waals surface area contributed by atoms with Crippen molar-refractivity contribution in [3.63, 3.8) is 0 Å². The largest absolute Gasteiger partial charge is 0.497 e. The molecule has 32 heavy (non-hydrogen) atoms. The lowest BCUT2D eigenvalue weighted by atomic mass is 10.0. The third-order valence-electron chi connectivity index (χ3n) is 5.26. The van der Waals surface area contributed by atoms with E-state index in [1.807, 2.05) is 24.3 Å². The van der Waals surface area contributed by atoms with E-state index in [-0.39, 0.29) is 11.7 Å². The Morgan fingerprint density at radius 1 is 1.16 bits per heavy atom. The molecule has 0 bridgehead atoms. The fourth-order valence-corrected chi connectivity index (χ4v) is 5.54. The number of carbonyl (C=O) groups is 1. The SMILES string of the molecule is COc1ccc(NC(=O)CSc2ncnc3nc(N4CCc5ccccc5C4)sc23)cc1. The summed E-state index contributed by atoms with van der Waals surface area (Å²) in [6.45, 7) is 1.77. The van der Waals surface area contributed by atoms with Gasteiger partial charge in [0.05, 0.1) is 12.9 Å². The first kappa shape index (κ1) is 20.7. The van der Waals surface area contributed by atoms with Crippen LogP contribution in [0.2, 0.25) is 0 Å². The van der Waals surface area contributed by atoms with E-state index in [1.165, 1.54) is 29.2 Å². The fraction of sp³-hybridized carbons (Fsp3) is 0.217. The normalized spacial score (nSPS) is 13.1. The molecule has 0 atom stereocenters. The maximum absolute atomic E-state index is 12.4. The van der Waals surface area contributed by atoms with Crippen molar-refractivity contribution in [2.45, 2.75) is 18.0 Å². The maximum atomic E-state index is 12.4. The summed E-state index contributed by atoms with van der Waals surface area (Å²) in [4.78, 5) is 28.2. The highest BCUT2D eigenvalue weighted by molar-refractivity contribution is 8.00. The monoisotopic (exact) mass is 463 g/mol. The van der Waals surface area contributed by atoms with Crippen LogP contribution in [-0.4, -0.2) is 40.3 Å². The summed E-state index contributed by atoms with van der Waals surface area (Å²) in [5.74, 6) is 0.908. The van der Waals surface area contributed by atoms with Gasteiger partial charge >= 0.3 is 0 Å². The van der Waals surface area contributed by atoms with Crippen LogP contribution < -0.4 is 15.0 Å². The van der Waals surface area contributed by atoms with Gasteiger partial charge in [0.25, 0.3) is 0 Å². The highest BCUT2D eigenvalue weighted by Gasteiger charge is 2.21. The zero-order valence-corrected chi connectivity index (χ0v) is 19.1. The molecule has 5 rings (SSSR count). The smallest absolute Gasteiger partial charge is 0.234 e. The van der Waals surface area contributed by atoms with Crippen LogP contribution in [0.25, 0.3) is 10.3 Å². The van der Waals surface area contributed by atoms with Crippen molar-refractivity contribution in [2.24, 2.45) is 0 Å². The number of anilines is 2. The zero-order valence-electron chi connectivity index (χ0n) is 17.4. The van der Waals surface area contributed by atoms with Gasteiger partial charge in [0, 0.05) is 18.8 Å². The van der Waals surface area contributed by atoms with Gasteiger partial charge in [-0.25, -0.2) is 9.97 Å². The molecule has 0 fully saturated rings. The van der Waals surface area contributed by atoms with Crippen molar-refractivity contribution in [1.82, 2.24) is 15.0 Å². The molecule has 1 aliphatic heterocycles. The van der Waals surface area contributed by atoms with Crippen molar-refractivity contribution in [3.05, 3.63) is 66.0 Å². The van der Waals surface area contributed by atoms with Gasteiger partial charge < -0.3 is 15.0 Å². The number of nitrogens with zero attached hydrogens (tertiary/aromatic N) is 4. The van der Waals surface area contributed by atoms with Gasteiger partial charge in [0.15, 0.2) is 10.8 Å². The topological polar surface area (TPSA) is 80.2 Å². The Morgan fingerprint density at radius 2 is 1.97 bits per heavy atom. The molecule has 4 aromatic rings. The molecule has 1 aliphatic rings. The van der Waals surface area contributed by atoms with E-state index in [2.05, 4.69) is 44.5 Å². The molecule has 162 valence electrons. The molecule has 0 aliphatic carbocycles. The number of rotatable bonds is 6. The molecule has 0 radical (unpaired) electrons. The van der Waals surface area contributed by atoms with Crippen molar-refractivity contribution in [2.75, 3.05) is 29.6 Å². The summed E-state index contributed by atoms with van der Waals surface area (Å²) in [5.41, 5.74) is 4.16. The van der Waals surface area contributed by atoms with Crippen LogP contribution in [-0.2, 0) is 17.8 Å². The minimum Gasteiger partial charge on any atom is -0.497 e. The Hall–Kier alpha value is -3.17.